The molecule has 0 saturated carbocycles. The van der Waals surface area contributed by atoms with Gasteiger partial charge >= 0.3 is 0 Å². The average Bonchev–Trinajstić information content (AvgIpc) is 2.63. The van der Waals surface area contributed by atoms with Crippen molar-refractivity contribution in [2.45, 2.75) is 39.2 Å². The molecule has 1 aromatic heterocycles. The summed E-state index contributed by atoms with van der Waals surface area (Å²) in [5.41, 5.74) is 6.32. The van der Waals surface area contributed by atoms with Crippen LogP contribution >= 0.6 is 0 Å². The van der Waals surface area contributed by atoms with E-state index in [-0.39, 0.29) is 11.9 Å². The van der Waals surface area contributed by atoms with Gasteiger partial charge in [-0.25, -0.2) is 0 Å². The van der Waals surface area contributed by atoms with Gasteiger partial charge in [-0.05, 0) is 12.8 Å². The SMILES string of the molecule is CCCC(CC)NC(=O)c1[nH]ncc1N. The Morgan fingerprint density at radius 3 is 2.87 bits per heavy atom. The molecule has 1 heterocycles. The lowest BCUT2D eigenvalue weighted by molar-refractivity contribution is 0.0929. The average molecular weight is 210 g/mol. The smallest absolute Gasteiger partial charge is 0.271 e. The van der Waals surface area contributed by atoms with Crippen molar-refractivity contribution in [1.29, 1.82) is 0 Å². The molecule has 1 unspecified atom stereocenters. The van der Waals surface area contributed by atoms with Gasteiger partial charge in [0.25, 0.3) is 5.91 Å². The zero-order valence-electron chi connectivity index (χ0n) is 9.21. The topological polar surface area (TPSA) is 83.8 Å². The van der Waals surface area contributed by atoms with Crippen LogP contribution in [0, 0.1) is 0 Å². The molecule has 0 aliphatic heterocycles. The molecule has 4 N–H and O–H groups in total. The fraction of sp³-hybridized carbons (Fsp3) is 0.600. The van der Waals surface area contributed by atoms with Crippen LogP contribution in [-0.2, 0) is 0 Å². The normalized spacial score (nSPS) is 12.4. The number of nitrogens with zero attached hydrogens (tertiary/aromatic N) is 1. The third-order valence-electron chi connectivity index (χ3n) is 2.36. The standard InChI is InChI=1S/C10H18N4O/c1-3-5-7(4-2)13-10(15)9-8(11)6-12-14-9/h6-7H,3-5,11H2,1-2H3,(H,12,14)(H,13,15). The highest BCUT2D eigenvalue weighted by Gasteiger charge is 2.14. The highest BCUT2D eigenvalue weighted by molar-refractivity contribution is 5.97. The first kappa shape index (κ1) is 11.6. The van der Waals surface area contributed by atoms with E-state index in [4.69, 9.17) is 5.73 Å². The molecule has 0 spiro atoms. The molecular weight excluding hydrogens is 192 g/mol. The molecule has 0 aliphatic rings. The number of carbonyl (C=O) groups is 1. The maximum atomic E-state index is 11.7. The third-order valence-corrected chi connectivity index (χ3v) is 2.36. The van der Waals surface area contributed by atoms with E-state index in [0.717, 1.165) is 19.3 Å². The molecular formula is C10H18N4O. The zero-order valence-corrected chi connectivity index (χ0v) is 9.21. The number of aromatic amines is 1. The summed E-state index contributed by atoms with van der Waals surface area (Å²) < 4.78 is 0. The summed E-state index contributed by atoms with van der Waals surface area (Å²) in [6.07, 6.45) is 4.40. The number of nitrogens with two attached hydrogens (primary N) is 1. The van der Waals surface area contributed by atoms with Crippen LogP contribution in [0.15, 0.2) is 6.20 Å². The number of hydrogen-bond donors (Lipinski definition) is 3. The van der Waals surface area contributed by atoms with E-state index in [1.54, 1.807) is 0 Å². The molecule has 0 aliphatic carbocycles. The van der Waals surface area contributed by atoms with Crippen molar-refractivity contribution in [2.75, 3.05) is 5.73 Å². The number of amides is 1. The van der Waals surface area contributed by atoms with Crippen LogP contribution in [0.1, 0.15) is 43.6 Å². The first-order valence-electron chi connectivity index (χ1n) is 5.28. The van der Waals surface area contributed by atoms with Crippen LogP contribution in [0.2, 0.25) is 0 Å². The molecule has 0 saturated heterocycles. The first-order valence-corrected chi connectivity index (χ1v) is 5.28. The van der Waals surface area contributed by atoms with Gasteiger partial charge < -0.3 is 11.1 Å². The molecule has 1 rings (SSSR count). The lowest BCUT2D eigenvalue weighted by Crippen LogP contribution is -2.34. The van der Waals surface area contributed by atoms with Gasteiger partial charge in [0.1, 0.15) is 5.69 Å². The number of aromatic nitrogens is 2. The van der Waals surface area contributed by atoms with Crippen molar-refractivity contribution in [2.24, 2.45) is 0 Å². The largest absolute Gasteiger partial charge is 0.396 e. The minimum absolute atomic E-state index is 0.176. The Kier molecular flexibility index (Phi) is 4.15. The van der Waals surface area contributed by atoms with E-state index in [1.807, 2.05) is 0 Å². The van der Waals surface area contributed by atoms with Gasteiger partial charge in [0.05, 0.1) is 11.9 Å². The maximum Gasteiger partial charge on any atom is 0.271 e. The van der Waals surface area contributed by atoms with Crippen molar-refractivity contribution < 1.29 is 4.79 Å². The van der Waals surface area contributed by atoms with Gasteiger partial charge in [0.15, 0.2) is 0 Å². The van der Waals surface area contributed by atoms with Crippen molar-refractivity contribution >= 4 is 11.6 Å². The molecule has 5 nitrogen and oxygen atoms in total. The molecule has 15 heavy (non-hydrogen) atoms. The van der Waals surface area contributed by atoms with Crippen LogP contribution in [0.3, 0.4) is 0 Å². The Morgan fingerprint density at radius 2 is 2.40 bits per heavy atom. The zero-order chi connectivity index (χ0) is 11.3. The van der Waals surface area contributed by atoms with E-state index in [9.17, 15) is 4.79 Å². The van der Waals surface area contributed by atoms with Gasteiger partial charge in [0.2, 0.25) is 0 Å². The Bertz CT molecular complexity index is 321. The number of carbonyl (C=O) groups excluding carboxylic acids is 1. The second-order valence-electron chi connectivity index (χ2n) is 3.57. The van der Waals surface area contributed by atoms with E-state index in [0.29, 0.717) is 11.4 Å². The van der Waals surface area contributed by atoms with E-state index < -0.39 is 0 Å². The second-order valence-corrected chi connectivity index (χ2v) is 3.57. The molecule has 0 fully saturated rings. The van der Waals surface area contributed by atoms with Gasteiger partial charge in [-0.3, -0.25) is 9.89 Å². The quantitative estimate of drug-likeness (QED) is 0.685. The molecule has 0 radical (unpaired) electrons. The monoisotopic (exact) mass is 210 g/mol. The Balaban J connectivity index is 2.58. The van der Waals surface area contributed by atoms with Crippen LogP contribution < -0.4 is 11.1 Å². The van der Waals surface area contributed by atoms with E-state index >= 15 is 0 Å². The molecule has 5 heteroatoms. The van der Waals surface area contributed by atoms with Gasteiger partial charge in [-0.2, -0.15) is 5.10 Å². The van der Waals surface area contributed by atoms with Crippen LogP contribution in [0.5, 0.6) is 0 Å². The summed E-state index contributed by atoms with van der Waals surface area (Å²) in [5, 5.41) is 9.22. The minimum atomic E-state index is -0.176. The maximum absolute atomic E-state index is 11.7. The summed E-state index contributed by atoms with van der Waals surface area (Å²) >= 11 is 0. The van der Waals surface area contributed by atoms with Crippen LogP contribution in [0.25, 0.3) is 0 Å². The van der Waals surface area contributed by atoms with Crippen molar-refractivity contribution in [3.8, 4) is 0 Å². The number of nitrogen functional groups attached to an aromatic ring is 1. The van der Waals surface area contributed by atoms with Crippen LogP contribution in [-0.4, -0.2) is 22.1 Å². The summed E-state index contributed by atoms with van der Waals surface area (Å²) in [6, 6.07) is 0.213. The lowest BCUT2D eigenvalue weighted by atomic mass is 10.1. The minimum Gasteiger partial charge on any atom is -0.396 e. The highest BCUT2D eigenvalue weighted by atomic mass is 16.2. The number of nitrogens with one attached hydrogen (secondary N) is 2. The molecule has 1 amide bonds. The van der Waals surface area contributed by atoms with Gasteiger partial charge in [-0.15, -0.1) is 0 Å². The molecule has 0 bridgehead atoms. The lowest BCUT2D eigenvalue weighted by Gasteiger charge is -2.15. The summed E-state index contributed by atoms with van der Waals surface area (Å²) in [7, 11) is 0. The van der Waals surface area contributed by atoms with E-state index in [2.05, 4.69) is 29.4 Å². The van der Waals surface area contributed by atoms with Gasteiger partial charge in [0, 0.05) is 6.04 Å². The van der Waals surface area contributed by atoms with Crippen molar-refractivity contribution in [3.05, 3.63) is 11.9 Å². The van der Waals surface area contributed by atoms with Crippen LogP contribution in [0.4, 0.5) is 5.69 Å². The molecule has 1 atom stereocenters. The molecule has 0 aromatic carbocycles. The Labute approximate surface area is 89.4 Å². The Hall–Kier alpha value is -1.52. The van der Waals surface area contributed by atoms with E-state index in [1.165, 1.54) is 6.20 Å². The first-order chi connectivity index (χ1) is 7.19. The predicted octanol–water partition coefficient (Wildman–Crippen LogP) is 1.30. The number of anilines is 1. The number of H-pyrrole nitrogens is 1. The van der Waals surface area contributed by atoms with Gasteiger partial charge in [-0.1, -0.05) is 20.3 Å². The molecule has 1 aromatic rings. The molecule has 84 valence electrons. The summed E-state index contributed by atoms with van der Waals surface area (Å²) in [4.78, 5) is 11.7. The number of hydrogen-bond acceptors (Lipinski definition) is 3. The predicted molar refractivity (Wildman–Crippen MR) is 59.5 cm³/mol. The highest BCUT2D eigenvalue weighted by Crippen LogP contribution is 2.08. The van der Waals surface area contributed by atoms with Crippen molar-refractivity contribution in [3.63, 3.8) is 0 Å². The fourth-order valence-corrected chi connectivity index (χ4v) is 1.46. The van der Waals surface area contributed by atoms with Crippen molar-refractivity contribution in [1.82, 2.24) is 15.5 Å². The summed E-state index contributed by atoms with van der Waals surface area (Å²) in [5.74, 6) is -0.176. The second kappa shape index (κ2) is 5.38. The fourth-order valence-electron chi connectivity index (χ4n) is 1.46. The summed E-state index contributed by atoms with van der Waals surface area (Å²) in [6.45, 7) is 4.15. The Morgan fingerprint density at radius 1 is 1.67 bits per heavy atom. The number of rotatable bonds is 5. The third kappa shape index (κ3) is 2.97.